The van der Waals surface area contributed by atoms with Gasteiger partial charge in [0.25, 0.3) is 11.8 Å². The normalized spacial score (nSPS) is 27.0. The molecule has 0 saturated heterocycles. The van der Waals surface area contributed by atoms with Crippen molar-refractivity contribution in [2.24, 2.45) is 11.3 Å². The fraction of sp³-hybridized carbons (Fsp3) is 0.553. The highest BCUT2D eigenvalue weighted by Crippen LogP contribution is 2.62. The Morgan fingerprint density at radius 2 is 1.48 bits per heavy atom. The Kier molecular flexibility index (Phi) is 14.2. The summed E-state index contributed by atoms with van der Waals surface area (Å²) in [6.07, 6.45) is 44.7. The topological polar surface area (TPSA) is 75.7 Å². The predicted molar refractivity (Wildman–Crippen MR) is 177 cm³/mol. The van der Waals surface area contributed by atoms with Crippen LogP contribution in [0.4, 0.5) is 0 Å². The summed E-state index contributed by atoms with van der Waals surface area (Å²) < 4.78 is 0. The highest BCUT2D eigenvalue weighted by atomic mass is 16.7. The highest BCUT2D eigenvalue weighted by molar-refractivity contribution is 6.11. The van der Waals surface area contributed by atoms with Crippen LogP contribution in [0.2, 0.25) is 0 Å². The molecule has 1 heterocycles. The molecular weight excluding hydrogens is 548 g/mol. The molecule has 0 radical (unpaired) electrons. The number of rotatable bonds is 15. The van der Waals surface area contributed by atoms with Crippen LogP contribution >= 0.6 is 0 Å². The van der Waals surface area contributed by atoms with E-state index in [9.17, 15) is 14.4 Å². The number of imide groups is 1. The summed E-state index contributed by atoms with van der Waals surface area (Å²) >= 11 is 0. The number of amides is 3. The zero-order valence-corrected chi connectivity index (χ0v) is 26.5. The van der Waals surface area contributed by atoms with Gasteiger partial charge < -0.3 is 5.32 Å². The number of hydrogen-bond acceptors (Lipinski definition) is 4. The van der Waals surface area contributed by atoms with Gasteiger partial charge in [-0.05, 0) is 80.4 Å². The molecule has 0 spiro atoms. The number of nitrogens with one attached hydrogen (secondary N) is 1. The first kappa shape index (κ1) is 33.6. The molecule has 4 rings (SSSR count). The Hall–Kier alpha value is -3.25. The van der Waals surface area contributed by atoms with Gasteiger partial charge in [0.05, 0.1) is 6.61 Å². The highest BCUT2D eigenvalue weighted by Gasteiger charge is 2.51. The molecule has 4 aliphatic rings. The first-order chi connectivity index (χ1) is 21.6. The lowest BCUT2D eigenvalue weighted by Crippen LogP contribution is -2.30. The fourth-order valence-corrected chi connectivity index (χ4v) is 6.75. The average molecular weight is 601 g/mol. The average Bonchev–Trinajstić information content (AvgIpc) is 3.57. The molecule has 3 aliphatic carbocycles. The third-order valence-electron chi connectivity index (χ3n) is 9.42. The molecule has 3 amide bonds. The molecular formula is C38H52N2O4. The van der Waals surface area contributed by atoms with Crippen molar-refractivity contribution in [1.29, 1.82) is 0 Å². The predicted octanol–water partition coefficient (Wildman–Crippen LogP) is 8.66. The zero-order chi connectivity index (χ0) is 30.9. The summed E-state index contributed by atoms with van der Waals surface area (Å²) in [5.74, 6) is 0.0233. The van der Waals surface area contributed by atoms with Crippen LogP contribution in [0, 0.1) is 11.3 Å². The van der Waals surface area contributed by atoms with Crippen molar-refractivity contribution in [3.05, 3.63) is 84.2 Å². The van der Waals surface area contributed by atoms with Crippen molar-refractivity contribution in [2.45, 2.75) is 116 Å². The monoisotopic (exact) mass is 600 g/mol. The van der Waals surface area contributed by atoms with Crippen LogP contribution < -0.4 is 5.32 Å². The van der Waals surface area contributed by atoms with E-state index in [0.717, 1.165) is 28.5 Å². The van der Waals surface area contributed by atoms with E-state index in [1.54, 1.807) is 0 Å². The van der Waals surface area contributed by atoms with E-state index < -0.39 is 11.8 Å². The Morgan fingerprint density at radius 3 is 2.32 bits per heavy atom. The van der Waals surface area contributed by atoms with Crippen LogP contribution in [0.3, 0.4) is 0 Å². The van der Waals surface area contributed by atoms with Gasteiger partial charge in [-0.15, -0.1) is 5.06 Å². The van der Waals surface area contributed by atoms with Crippen molar-refractivity contribution in [3.8, 4) is 0 Å². The standard InChI is InChI=1S/C38H52N2O4/c41-35(23-15-18-30-44-40-36(42)26-27-37(40)43)39-34-22-14-8-2-1-5-11-19-32(24-25-34)20-12-6-3-9-16-28-38-29-17-10-4-7-13-21-33(38)31-38/h1-2,5,8,11,14,19,22,24-27,33H,3-4,6-7,9-10,12-13,15-18,20-21,23,28-31H2,(H,39,41)/b2-1?,5-1-,8-2-,11-5?,14-8?,19-11-,22-14?,25-24?,32-19?,32-24+,34-22?,34-25?. The van der Waals surface area contributed by atoms with E-state index in [1.165, 1.54) is 108 Å². The number of carbonyl (C=O) groups excluding carboxylic acids is 3. The number of fused-ring (bicyclic) bond motifs is 1. The van der Waals surface area contributed by atoms with Gasteiger partial charge in [0.15, 0.2) is 0 Å². The molecule has 2 atom stereocenters. The Balaban J connectivity index is 1.16. The van der Waals surface area contributed by atoms with Gasteiger partial charge in [0.2, 0.25) is 5.91 Å². The summed E-state index contributed by atoms with van der Waals surface area (Å²) in [5, 5.41) is 3.77. The molecule has 238 valence electrons. The van der Waals surface area contributed by atoms with Crippen LogP contribution in [0.25, 0.3) is 0 Å². The second-order valence-corrected chi connectivity index (χ2v) is 12.8. The van der Waals surface area contributed by atoms with E-state index in [2.05, 4.69) is 23.5 Å². The minimum atomic E-state index is -0.470. The number of nitrogens with zero attached hydrogens (tertiary/aromatic N) is 1. The van der Waals surface area contributed by atoms with E-state index in [-0.39, 0.29) is 12.5 Å². The minimum absolute atomic E-state index is 0.0793. The maximum Gasteiger partial charge on any atom is 0.277 e. The van der Waals surface area contributed by atoms with Crippen molar-refractivity contribution in [3.63, 3.8) is 0 Å². The van der Waals surface area contributed by atoms with Crippen LogP contribution in [0.1, 0.15) is 116 Å². The number of hydroxylamine groups is 2. The number of carbonyl (C=O) groups is 3. The lowest BCUT2D eigenvalue weighted by molar-refractivity contribution is -0.185. The van der Waals surface area contributed by atoms with Gasteiger partial charge >= 0.3 is 0 Å². The Bertz CT molecular complexity index is 1170. The molecule has 0 aromatic heterocycles. The Morgan fingerprint density at radius 1 is 0.773 bits per heavy atom. The first-order valence-electron chi connectivity index (χ1n) is 17.1. The SMILES string of the molecule is O=C(CCCCON1C(=O)C=CC1=O)NC1=C\C=C(CCCCCCCC23CCCCCCCC2C3)/C=C\C=C/C=C\C=C1. The molecule has 0 aromatic carbocycles. The largest absolute Gasteiger partial charge is 0.326 e. The fourth-order valence-electron chi connectivity index (χ4n) is 6.75. The van der Waals surface area contributed by atoms with Crippen LogP contribution in [-0.4, -0.2) is 29.4 Å². The lowest BCUT2D eigenvalue weighted by atomic mass is 9.89. The van der Waals surface area contributed by atoms with E-state index in [0.29, 0.717) is 19.3 Å². The summed E-state index contributed by atoms with van der Waals surface area (Å²) in [6, 6.07) is 0. The molecule has 2 unspecified atom stereocenters. The molecule has 1 aliphatic heterocycles. The second-order valence-electron chi connectivity index (χ2n) is 12.8. The number of hydrogen-bond donors (Lipinski definition) is 1. The zero-order valence-electron chi connectivity index (χ0n) is 26.5. The third kappa shape index (κ3) is 11.7. The maximum atomic E-state index is 12.6. The summed E-state index contributed by atoms with van der Waals surface area (Å²) in [5.41, 5.74) is 2.73. The molecule has 6 heteroatoms. The molecule has 2 fully saturated rings. The van der Waals surface area contributed by atoms with Gasteiger partial charge in [0.1, 0.15) is 0 Å². The van der Waals surface area contributed by atoms with Crippen LogP contribution in [0.15, 0.2) is 84.2 Å². The van der Waals surface area contributed by atoms with E-state index in [4.69, 9.17) is 4.84 Å². The van der Waals surface area contributed by atoms with Crippen molar-refractivity contribution in [2.75, 3.05) is 6.61 Å². The van der Waals surface area contributed by atoms with E-state index >= 15 is 0 Å². The summed E-state index contributed by atoms with van der Waals surface area (Å²) in [7, 11) is 0. The maximum absolute atomic E-state index is 12.6. The first-order valence-corrected chi connectivity index (χ1v) is 17.1. The molecule has 44 heavy (non-hydrogen) atoms. The van der Waals surface area contributed by atoms with Crippen molar-refractivity contribution in [1.82, 2.24) is 10.4 Å². The second kappa shape index (κ2) is 18.5. The third-order valence-corrected chi connectivity index (χ3v) is 9.42. The van der Waals surface area contributed by atoms with Crippen molar-refractivity contribution < 1.29 is 19.2 Å². The molecule has 0 bridgehead atoms. The van der Waals surface area contributed by atoms with Gasteiger partial charge in [-0.1, -0.05) is 106 Å². The van der Waals surface area contributed by atoms with Gasteiger partial charge in [0, 0.05) is 24.3 Å². The van der Waals surface area contributed by atoms with Gasteiger partial charge in [-0.2, -0.15) is 0 Å². The number of allylic oxidation sites excluding steroid dienone is 11. The van der Waals surface area contributed by atoms with E-state index in [1.807, 2.05) is 42.5 Å². The summed E-state index contributed by atoms with van der Waals surface area (Å²) in [6.45, 7) is 0.201. The van der Waals surface area contributed by atoms with Crippen LogP contribution in [-0.2, 0) is 19.2 Å². The summed E-state index contributed by atoms with van der Waals surface area (Å²) in [4.78, 5) is 41.0. The minimum Gasteiger partial charge on any atom is -0.326 e. The van der Waals surface area contributed by atoms with Crippen LogP contribution in [0.5, 0.6) is 0 Å². The van der Waals surface area contributed by atoms with Crippen molar-refractivity contribution >= 4 is 17.7 Å². The molecule has 6 nitrogen and oxygen atoms in total. The molecule has 0 aromatic rings. The molecule has 1 N–H and O–H groups in total. The van der Waals surface area contributed by atoms with Gasteiger partial charge in [-0.3, -0.25) is 19.2 Å². The van der Waals surface area contributed by atoms with Gasteiger partial charge in [-0.25, -0.2) is 0 Å². The molecule has 2 saturated carbocycles. The smallest absolute Gasteiger partial charge is 0.277 e. The quantitative estimate of drug-likeness (QED) is 0.151. The Labute approximate surface area is 264 Å². The number of unbranched alkanes of at least 4 members (excludes halogenated alkanes) is 5. The lowest BCUT2D eigenvalue weighted by Gasteiger charge is -2.16.